The molecule has 3 rings (SSSR count). The summed E-state index contributed by atoms with van der Waals surface area (Å²) in [5.41, 5.74) is 7.73. The third-order valence-electron chi connectivity index (χ3n) is 4.67. The predicted octanol–water partition coefficient (Wildman–Crippen LogP) is 3.53. The van der Waals surface area contributed by atoms with Crippen LogP contribution in [-0.2, 0) is 16.8 Å². The Labute approximate surface area is 119 Å². The summed E-state index contributed by atoms with van der Waals surface area (Å²) in [5.74, 6) is 0. The zero-order chi connectivity index (χ0) is 13.7. The van der Waals surface area contributed by atoms with Crippen molar-refractivity contribution in [2.45, 2.75) is 64.0 Å². The van der Waals surface area contributed by atoms with Gasteiger partial charge in [-0.15, -0.1) is 11.3 Å². The van der Waals surface area contributed by atoms with Crippen LogP contribution in [0.15, 0.2) is 0 Å². The Bertz CT molecular complexity index is 474. The number of rotatable bonds is 2. The van der Waals surface area contributed by atoms with Gasteiger partial charge in [0.15, 0.2) is 0 Å². The summed E-state index contributed by atoms with van der Waals surface area (Å²) in [7, 11) is 1.83. The summed E-state index contributed by atoms with van der Waals surface area (Å²) >= 11 is 1.80. The second-order valence-corrected chi connectivity index (χ2v) is 7.92. The lowest BCUT2D eigenvalue weighted by atomic mass is 9.77. The van der Waals surface area contributed by atoms with E-state index >= 15 is 0 Å². The molecule has 0 saturated heterocycles. The van der Waals surface area contributed by atoms with Gasteiger partial charge in [-0.3, -0.25) is 0 Å². The summed E-state index contributed by atoms with van der Waals surface area (Å²) in [6.45, 7) is 4.58. The first-order valence-corrected chi connectivity index (χ1v) is 8.08. The molecule has 0 spiro atoms. The predicted molar refractivity (Wildman–Crippen MR) is 78.3 cm³/mol. The molecule has 0 bridgehead atoms. The Hall–Kier alpha value is -0.450. The largest absolute Gasteiger partial charge is 0.371 e. The number of nitrogens with zero attached hydrogens (tertiary/aromatic N) is 1. The molecule has 2 aliphatic rings. The lowest BCUT2D eigenvalue weighted by molar-refractivity contribution is -0.00901. The van der Waals surface area contributed by atoms with Crippen molar-refractivity contribution in [3.63, 3.8) is 0 Å². The molecule has 2 aliphatic carbocycles. The van der Waals surface area contributed by atoms with Gasteiger partial charge in [0.2, 0.25) is 0 Å². The lowest BCUT2D eigenvalue weighted by Crippen LogP contribution is -2.29. The number of aromatic nitrogens is 1. The minimum Gasteiger partial charge on any atom is -0.371 e. The fourth-order valence-electron chi connectivity index (χ4n) is 3.64. The van der Waals surface area contributed by atoms with Crippen LogP contribution in [0.3, 0.4) is 0 Å². The van der Waals surface area contributed by atoms with Crippen LogP contribution in [0.25, 0.3) is 0 Å². The number of nitrogens with two attached hydrogens (primary N) is 1. The Morgan fingerprint density at radius 2 is 2.00 bits per heavy atom. The highest BCUT2D eigenvalue weighted by molar-refractivity contribution is 7.12. The summed E-state index contributed by atoms with van der Waals surface area (Å²) in [5, 5.41) is 1.17. The average Bonchev–Trinajstić information content (AvgIpc) is 2.93. The smallest absolute Gasteiger partial charge is 0.125 e. The Morgan fingerprint density at radius 3 is 2.63 bits per heavy atom. The van der Waals surface area contributed by atoms with Crippen molar-refractivity contribution in [3.8, 4) is 0 Å². The highest BCUT2D eigenvalue weighted by Crippen LogP contribution is 2.48. The van der Waals surface area contributed by atoms with Crippen molar-refractivity contribution in [1.82, 2.24) is 4.98 Å². The highest BCUT2D eigenvalue weighted by Gasteiger charge is 2.41. The first-order chi connectivity index (χ1) is 8.96. The molecule has 4 heteroatoms. The second kappa shape index (κ2) is 4.54. The van der Waals surface area contributed by atoms with E-state index in [1.54, 1.807) is 11.3 Å². The molecule has 1 aromatic heterocycles. The first kappa shape index (κ1) is 13.5. The van der Waals surface area contributed by atoms with Crippen LogP contribution >= 0.6 is 11.3 Å². The number of hydrogen-bond acceptors (Lipinski definition) is 4. The molecule has 106 valence electrons. The first-order valence-electron chi connectivity index (χ1n) is 7.27. The number of fused-ring (bicyclic) bond motifs is 1. The van der Waals surface area contributed by atoms with Gasteiger partial charge < -0.3 is 10.5 Å². The normalized spacial score (nSPS) is 28.3. The number of thiazole rings is 1. The SMILES string of the molecule is COC1(c2nc3c(s2)C(N)CC(C)(C)C3)CCCC1. The summed E-state index contributed by atoms with van der Waals surface area (Å²) in [6.07, 6.45) is 6.81. The molecule has 1 heterocycles. The molecular weight excluding hydrogens is 256 g/mol. The molecule has 0 radical (unpaired) electrons. The van der Waals surface area contributed by atoms with Gasteiger partial charge in [0.05, 0.1) is 5.69 Å². The maximum absolute atomic E-state index is 6.35. The molecule has 1 fully saturated rings. The van der Waals surface area contributed by atoms with E-state index < -0.39 is 0 Å². The second-order valence-electron chi connectivity index (χ2n) is 6.89. The van der Waals surface area contributed by atoms with E-state index in [1.807, 2.05) is 7.11 Å². The molecule has 1 saturated carbocycles. The van der Waals surface area contributed by atoms with E-state index in [2.05, 4.69) is 13.8 Å². The number of methoxy groups -OCH3 is 1. The van der Waals surface area contributed by atoms with Gasteiger partial charge in [-0.1, -0.05) is 26.7 Å². The van der Waals surface area contributed by atoms with E-state index in [0.717, 1.165) is 25.7 Å². The van der Waals surface area contributed by atoms with E-state index in [9.17, 15) is 0 Å². The molecule has 0 amide bonds. The molecular formula is C15H24N2OS. The van der Waals surface area contributed by atoms with E-state index in [1.165, 1.54) is 28.4 Å². The van der Waals surface area contributed by atoms with Gasteiger partial charge in [-0.05, 0) is 31.1 Å². The molecule has 19 heavy (non-hydrogen) atoms. The summed E-state index contributed by atoms with van der Waals surface area (Å²) in [6, 6.07) is 0.153. The fraction of sp³-hybridized carbons (Fsp3) is 0.800. The maximum Gasteiger partial charge on any atom is 0.125 e. The molecule has 0 aromatic carbocycles. The van der Waals surface area contributed by atoms with Crippen LogP contribution in [0.5, 0.6) is 0 Å². The van der Waals surface area contributed by atoms with Gasteiger partial charge in [-0.2, -0.15) is 0 Å². The summed E-state index contributed by atoms with van der Waals surface area (Å²) in [4.78, 5) is 6.24. The van der Waals surface area contributed by atoms with Crippen molar-refractivity contribution in [2.75, 3.05) is 7.11 Å². The Kier molecular flexibility index (Phi) is 3.23. The number of ether oxygens (including phenoxy) is 1. The van der Waals surface area contributed by atoms with E-state index in [4.69, 9.17) is 15.5 Å². The number of hydrogen-bond donors (Lipinski definition) is 1. The summed E-state index contributed by atoms with van der Waals surface area (Å²) < 4.78 is 5.86. The molecule has 1 unspecified atom stereocenters. The molecule has 0 aliphatic heterocycles. The molecule has 1 aromatic rings. The van der Waals surface area contributed by atoms with Gasteiger partial charge in [0.25, 0.3) is 0 Å². The van der Waals surface area contributed by atoms with Crippen molar-refractivity contribution in [1.29, 1.82) is 0 Å². The van der Waals surface area contributed by atoms with Gasteiger partial charge >= 0.3 is 0 Å². The lowest BCUT2D eigenvalue weighted by Gasteiger charge is -2.32. The quantitative estimate of drug-likeness (QED) is 0.901. The van der Waals surface area contributed by atoms with Crippen molar-refractivity contribution < 1.29 is 4.74 Å². The molecule has 3 nitrogen and oxygen atoms in total. The van der Waals surface area contributed by atoms with Crippen LogP contribution < -0.4 is 5.73 Å². The van der Waals surface area contributed by atoms with E-state index in [0.29, 0.717) is 0 Å². The highest BCUT2D eigenvalue weighted by atomic mass is 32.1. The van der Waals surface area contributed by atoms with Crippen molar-refractivity contribution in [2.24, 2.45) is 11.1 Å². The fourth-order valence-corrected chi connectivity index (χ4v) is 4.95. The maximum atomic E-state index is 6.35. The van der Waals surface area contributed by atoms with Crippen LogP contribution in [0.1, 0.15) is 67.6 Å². The third kappa shape index (κ3) is 2.24. The minimum atomic E-state index is -0.119. The van der Waals surface area contributed by atoms with Crippen molar-refractivity contribution in [3.05, 3.63) is 15.6 Å². The Balaban J connectivity index is 1.98. The zero-order valence-corrected chi connectivity index (χ0v) is 13.0. The minimum absolute atomic E-state index is 0.119. The monoisotopic (exact) mass is 280 g/mol. The topological polar surface area (TPSA) is 48.1 Å². The third-order valence-corrected chi connectivity index (χ3v) is 6.09. The van der Waals surface area contributed by atoms with E-state index in [-0.39, 0.29) is 17.1 Å². The van der Waals surface area contributed by atoms with Crippen LogP contribution in [0.4, 0.5) is 0 Å². The Morgan fingerprint density at radius 1 is 1.32 bits per heavy atom. The van der Waals surface area contributed by atoms with Crippen LogP contribution in [-0.4, -0.2) is 12.1 Å². The van der Waals surface area contributed by atoms with Gasteiger partial charge in [0, 0.05) is 18.0 Å². The van der Waals surface area contributed by atoms with Crippen molar-refractivity contribution >= 4 is 11.3 Å². The molecule has 2 N–H and O–H groups in total. The van der Waals surface area contributed by atoms with Gasteiger partial charge in [0.1, 0.15) is 10.6 Å². The van der Waals surface area contributed by atoms with Crippen LogP contribution in [0.2, 0.25) is 0 Å². The standard InChI is InChI=1S/C15H24N2OS/c1-14(2)8-10(16)12-11(9-14)17-13(19-12)15(18-3)6-4-5-7-15/h10H,4-9,16H2,1-3H3. The zero-order valence-electron chi connectivity index (χ0n) is 12.2. The molecule has 1 atom stereocenters. The van der Waals surface area contributed by atoms with Crippen LogP contribution in [0, 0.1) is 5.41 Å². The van der Waals surface area contributed by atoms with Gasteiger partial charge in [-0.25, -0.2) is 4.98 Å². The average molecular weight is 280 g/mol.